The molecule has 8 nitrogen and oxygen atoms in total. The van der Waals surface area contributed by atoms with E-state index < -0.39 is 0 Å². The maximum absolute atomic E-state index is 13.6. The maximum atomic E-state index is 13.6. The SMILES string of the molecule is COCCN(CC(=O)N1N=C(c2cccs2)CC1c1ccc(OC)c(OC)c1)C(=O)C1CCCC1. The first-order valence-electron chi connectivity index (χ1n) is 12.0. The summed E-state index contributed by atoms with van der Waals surface area (Å²) in [5.74, 6) is 1.04. The summed E-state index contributed by atoms with van der Waals surface area (Å²) in [5, 5.41) is 8.29. The largest absolute Gasteiger partial charge is 0.493 e. The Labute approximate surface area is 210 Å². The van der Waals surface area contributed by atoms with Crippen molar-refractivity contribution in [3.8, 4) is 11.5 Å². The van der Waals surface area contributed by atoms with Crippen LogP contribution in [0.1, 0.15) is 48.6 Å². The molecule has 2 aromatic rings. The lowest BCUT2D eigenvalue weighted by Gasteiger charge is -2.28. The molecule has 0 N–H and O–H groups in total. The normalized spacial score (nSPS) is 18.0. The summed E-state index contributed by atoms with van der Waals surface area (Å²) in [6.45, 7) is 0.742. The predicted octanol–water partition coefficient (Wildman–Crippen LogP) is 4.11. The molecule has 2 heterocycles. The van der Waals surface area contributed by atoms with Crippen molar-refractivity contribution in [3.63, 3.8) is 0 Å². The number of amides is 2. The van der Waals surface area contributed by atoms with Crippen LogP contribution in [-0.2, 0) is 14.3 Å². The fourth-order valence-electron chi connectivity index (χ4n) is 4.79. The zero-order chi connectivity index (χ0) is 24.8. The van der Waals surface area contributed by atoms with Gasteiger partial charge in [0.05, 0.1) is 37.5 Å². The average Bonchev–Trinajstić information content (AvgIpc) is 3.67. The third-order valence-corrected chi connectivity index (χ3v) is 7.59. The minimum Gasteiger partial charge on any atom is -0.493 e. The number of ether oxygens (including phenoxy) is 3. The molecule has 1 saturated carbocycles. The van der Waals surface area contributed by atoms with Crippen molar-refractivity contribution in [2.75, 3.05) is 41.0 Å². The summed E-state index contributed by atoms with van der Waals surface area (Å²) in [6, 6.07) is 9.36. The molecule has 2 amide bonds. The van der Waals surface area contributed by atoms with E-state index in [2.05, 4.69) is 0 Å². The second-order valence-electron chi connectivity index (χ2n) is 8.83. The smallest absolute Gasteiger partial charge is 0.262 e. The number of hydrogen-bond acceptors (Lipinski definition) is 7. The van der Waals surface area contributed by atoms with Crippen LogP contribution in [-0.4, -0.2) is 68.5 Å². The van der Waals surface area contributed by atoms with Crippen LogP contribution in [0.25, 0.3) is 0 Å². The Morgan fingerprint density at radius 3 is 2.54 bits per heavy atom. The van der Waals surface area contributed by atoms with Gasteiger partial charge in [0.15, 0.2) is 11.5 Å². The Hall–Kier alpha value is -2.91. The molecule has 1 atom stereocenters. The van der Waals surface area contributed by atoms with Gasteiger partial charge >= 0.3 is 0 Å². The van der Waals surface area contributed by atoms with Crippen LogP contribution in [0.2, 0.25) is 0 Å². The molecule has 0 saturated heterocycles. The second-order valence-corrected chi connectivity index (χ2v) is 9.78. The highest BCUT2D eigenvalue weighted by atomic mass is 32.1. The Morgan fingerprint density at radius 2 is 1.89 bits per heavy atom. The van der Waals surface area contributed by atoms with Crippen LogP contribution in [0, 0.1) is 5.92 Å². The molecule has 1 aromatic carbocycles. The highest BCUT2D eigenvalue weighted by molar-refractivity contribution is 7.12. The number of rotatable bonds is 10. The third kappa shape index (κ3) is 5.67. The second kappa shape index (κ2) is 11.7. The zero-order valence-corrected chi connectivity index (χ0v) is 21.4. The molecule has 2 aliphatic rings. The molecule has 9 heteroatoms. The summed E-state index contributed by atoms with van der Waals surface area (Å²) in [7, 11) is 4.79. The number of thiophene rings is 1. The number of methoxy groups -OCH3 is 3. The minimum absolute atomic E-state index is 0.00920. The monoisotopic (exact) mass is 499 g/mol. The van der Waals surface area contributed by atoms with Crippen LogP contribution in [0.15, 0.2) is 40.8 Å². The van der Waals surface area contributed by atoms with E-state index >= 15 is 0 Å². The molecule has 0 radical (unpaired) electrons. The van der Waals surface area contributed by atoms with Gasteiger partial charge in [-0.05, 0) is 42.0 Å². The predicted molar refractivity (Wildman–Crippen MR) is 135 cm³/mol. The van der Waals surface area contributed by atoms with Gasteiger partial charge in [0.2, 0.25) is 5.91 Å². The topological polar surface area (TPSA) is 80.7 Å². The summed E-state index contributed by atoms with van der Waals surface area (Å²) in [4.78, 5) is 29.5. The van der Waals surface area contributed by atoms with E-state index in [9.17, 15) is 9.59 Å². The van der Waals surface area contributed by atoms with Crippen LogP contribution in [0.4, 0.5) is 0 Å². The van der Waals surface area contributed by atoms with Crippen LogP contribution < -0.4 is 9.47 Å². The van der Waals surface area contributed by atoms with Gasteiger partial charge < -0.3 is 19.1 Å². The van der Waals surface area contributed by atoms with Crippen LogP contribution in [0.3, 0.4) is 0 Å². The van der Waals surface area contributed by atoms with Gasteiger partial charge in [-0.15, -0.1) is 11.3 Å². The lowest BCUT2D eigenvalue weighted by Crippen LogP contribution is -2.44. The van der Waals surface area contributed by atoms with Crippen molar-refractivity contribution in [2.45, 2.75) is 38.1 Å². The molecular formula is C26H33N3O5S. The molecule has 188 valence electrons. The van der Waals surface area contributed by atoms with Gasteiger partial charge in [-0.25, -0.2) is 5.01 Å². The number of hydrogen-bond donors (Lipinski definition) is 0. The number of carbonyl (C=O) groups is 2. The van der Waals surface area contributed by atoms with E-state index in [4.69, 9.17) is 19.3 Å². The third-order valence-electron chi connectivity index (χ3n) is 6.67. The molecule has 35 heavy (non-hydrogen) atoms. The molecular weight excluding hydrogens is 466 g/mol. The lowest BCUT2D eigenvalue weighted by atomic mass is 10.0. The quantitative estimate of drug-likeness (QED) is 0.492. The molecule has 0 spiro atoms. The highest BCUT2D eigenvalue weighted by Gasteiger charge is 2.36. The van der Waals surface area contributed by atoms with Crippen molar-refractivity contribution in [1.82, 2.24) is 9.91 Å². The van der Waals surface area contributed by atoms with Gasteiger partial charge in [-0.2, -0.15) is 5.10 Å². The number of nitrogens with zero attached hydrogens (tertiary/aromatic N) is 3. The Bertz CT molecular complexity index is 1050. The van der Waals surface area contributed by atoms with E-state index in [-0.39, 0.29) is 30.3 Å². The van der Waals surface area contributed by atoms with E-state index in [1.165, 1.54) is 5.01 Å². The number of carbonyl (C=O) groups excluding carboxylic acids is 2. The molecule has 1 fully saturated rings. The summed E-state index contributed by atoms with van der Waals surface area (Å²) in [5.41, 5.74) is 1.76. The van der Waals surface area contributed by atoms with Crippen LogP contribution in [0.5, 0.6) is 11.5 Å². The van der Waals surface area contributed by atoms with Crippen molar-refractivity contribution in [3.05, 3.63) is 46.2 Å². The molecule has 0 bridgehead atoms. The van der Waals surface area contributed by atoms with E-state index in [0.717, 1.165) is 41.8 Å². The lowest BCUT2D eigenvalue weighted by molar-refractivity contribution is -0.144. The average molecular weight is 500 g/mol. The molecule has 1 aliphatic carbocycles. The van der Waals surface area contributed by atoms with E-state index in [1.807, 2.05) is 35.7 Å². The van der Waals surface area contributed by atoms with Crippen molar-refractivity contribution in [2.24, 2.45) is 11.0 Å². The van der Waals surface area contributed by atoms with Gasteiger partial charge in [-0.3, -0.25) is 9.59 Å². The van der Waals surface area contributed by atoms with Gasteiger partial charge in [0.25, 0.3) is 5.91 Å². The van der Waals surface area contributed by atoms with Gasteiger partial charge in [0.1, 0.15) is 6.54 Å². The zero-order valence-electron chi connectivity index (χ0n) is 20.6. The fourth-order valence-corrected chi connectivity index (χ4v) is 5.51. The standard InChI is InChI=1S/C26H33N3O5S/c1-32-13-12-28(26(31)18-7-4-5-8-18)17-25(30)29-21(16-20(27-29)24-9-6-14-35-24)19-10-11-22(33-2)23(15-19)34-3/h6,9-11,14-15,18,21H,4-5,7-8,12-13,16-17H2,1-3H3. The first-order valence-corrected chi connectivity index (χ1v) is 12.9. The number of benzene rings is 1. The summed E-state index contributed by atoms with van der Waals surface area (Å²) in [6.07, 6.45) is 4.47. The van der Waals surface area contributed by atoms with Gasteiger partial charge in [-0.1, -0.05) is 25.0 Å². The highest BCUT2D eigenvalue weighted by Crippen LogP contribution is 2.38. The molecule has 4 rings (SSSR count). The molecule has 1 aliphatic heterocycles. The summed E-state index contributed by atoms with van der Waals surface area (Å²) < 4.78 is 16.1. The first-order chi connectivity index (χ1) is 17.0. The van der Waals surface area contributed by atoms with E-state index in [1.54, 1.807) is 37.6 Å². The fraction of sp³-hybridized carbons (Fsp3) is 0.500. The van der Waals surface area contributed by atoms with Crippen molar-refractivity contribution in [1.29, 1.82) is 0 Å². The summed E-state index contributed by atoms with van der Waals surface area (Å²) >= 11 is 1.60. The Balaban J connectivity index is 1.60. The van der Waals surface area contributed by atoms with Crippen LogP contribution >= 0.6 is 11.3 Å². The minimum atomic E-state index is -0.301. The van der Waals surface area contributed by atoms with Crippen molar-refractivity contribution < 1.29 is 23.8 Å². The van der Waals surface area contributed by atoms with Gasteiger partial charge in [0, 0.05) is 26.0 Å². The Morgan fingerprint density at radius 1 is 1.11 bits per heavy atom. The molecule has 1 unspecified atom stereocenters. The molecule has 1 aromatic heterocycles. The van der Waals surface area contributed by atoms with Crippen molar-refractivity contribution >= 4 is 28.9 Å². The number of hydrazone groups is 1. The Kier molecular flexibility index (Phi) is 8.41. The maximum Gasteiger partial charge on any atom is 0.262 e. The van der Waals surface area contributed by atoms with E-state index in [0.29, 0.717) is 31.1 Å². The first kappa shape index (κ1) is 25.2.